The van der Waals surface area contributed by atoms with E-state index in [0.717, 1.165) is 17.3 Å². The molecule has 2 aliphatic heterocycles. The summed E-state index contributed by atoms with van der Waals surface area (Å²) in [4.78, 5) is 5.17. The Morgan fingerprint density at radius 2 is 0.836 bits per heavy atom. The fourth-order valence-corrected chi connectivity index (χ4v) is 11.4. The first-order valence-electron chi connectivity index (χ1n) is 24.6. The van der Waals surface area contributed by atoms with Crippen molar-refractivity contribution in [1.29, 1.82) is 0 Å². The summed E-state index contributed by atoms with van der Waals surface area (Å²) in [6, 6.07) is 40.8. The van der Waals surface area contributed by atoms with Crippen LogP contribution in [0.5, 0.6) is 0 Å². The third-order valence-electron chi connectivity index (χ3n) is 15.5. The van der Waals surface area contributed by atoms with Crippen LogP contribution in [0, 0.1) is 13.8 Å². The van der Waals surface area contributed by atoms with Gasteiger partial charge in [-0.05, 0) is 145 Å². The lowest BCUT2D eigenvalue weighted by Crippen LogP contribution is -2.61. The minimum absolute atomic E-state index is 0.00729. The van der Waals surface area contributed by atoms with Gasteiger partial charge in [0, 0.05) is 38.6 Å². The summed E-state index contributed by atoms with van der Waals surface area (Å²) in [6.45, 7) is 39.3. The van der Waals surface area contributed by atoms with Crippen molar-refractivity contribution in [2.45, 2.75) is 145 Å². The largest absolute Gasteiger partial charge is 0.445 e. The molecule has 0 fully saturated rings. The summed E-state index contributed by atoms with van der Waals surface area (Å²) in [5.41, 5.74) is 21.3. The lowest BCUT2D eigenvalue weighted by molar-refractivity contribution is 0.540. The van der Waals surface area contributed by atoms with Gasteiger partial charge < -0.3 is 13.7 Å². The van der Waals surface area contributed by atoms with Crippen LogP contribution < -0.4 is 26.2 Å². The van der Waals surface area contributed by atoms with Crippen LogP contribution in [0.1, 0.15) is 143 Å². The van der Waals surface area contributed by atoms with Crippen LogP contribution in [0.2, 0.25) is 0 Å². The van der Waals surface area contributed by atoms with E-state index in [1.807, 2.05) is 0 Å². The molecule has 0 aliphatic carbocycles. The van der Waals surface area contributed by atoms with E-state index in [1.165, 1.54) is 111 Å². The molecule has 0 spiro atoms. The first-order valence-corrected chi connectivity index (χ1v) is 24.6. The average molecular weight is 882 g/mol. The molecule has 0 saturated heterocycles. The van der Waals surface area contributed by atoms with Crippen molar-refractivity contribution >= 4 is 95.5 Å². The standard InChI is InChI=1S/C62H68BN3O/c1-35-36(2)67-57-52(35)63-46-34-41(62(15,16)17)24-31-49(46)64(42-25-18-37(19-26-42)58(3,4)5)55-50-44-32-39(60(9,10)11)22-29-47(44)66-48-30-23-40(61(12,13)14)33-45(48)51(54(50)66)56(53(55)63)65(57)43-27-20-38(21-28-43)59(6,7)8/h18-34H,1-17H3. The minimum atomic E-state index is -0.0929. The molecule has 6 aromatic carbocycles. The molecule has 340 valence electrons. The smallest absolute Gasteiger partial charge is 0.256 e. The fraction of sp³-hybridized carbons (Fsp3) is 0.355. The number of nitrogens with zero attached hydrogens (tertiary/aromatic N) is 3. The molecule has 4 nitrogen and oxygen atoms in total. The molecule has 0 unspecified atom stereocenters. The number of aryl methyl sites for hydroxylation is 1. The molecule has 5 heteroatoms. The summed E-state index contributed by atoms with van der Waals surface area (Å²) in [5.74, 6) is 1.89. The summed E-state index contributed by atoms with van der Waals surface area (Å²) < 4.78 is 9.84. The third kappa shape index (κ3) is 6.32. The number of hydrogen-bond acceptors (Lipinski definition) is 3. The van der Waals surface area contributed by atoms with Crippen LogP contribution in [-0.2, 0) is 27.1 Å². The Morgan fingerprint density at radius 3 is 1.30 bits per heavy atom. The third-order valence-corrected chi connectivity index (χ3v) is 15.5. The van der Waals surface area contributed by atoms with Crippen molar-refractivity contribution < 1.29 is 4.42 Å². The Morgan fingerprint density at radius 1 is 0.433 bits per heavy atom. The number of rotatable bonds is 2. The molecule has 0 atom stereocenters. The van der Waals surface area contributed by atoms with Gasteiger partial charge in [0.1, 0.15) is 5.76 Å². The molecule has 9 aromatic rings. The first kappa shape index (κ1) is 43.6. The second-order valence-electron chi connectivity index (χ2n) is 25.2. The maximum Gasteiger partial charge on any atom is 0.256 e. The zero-order valence-corrected chi connectivity index (χ0v) is 43.1. The number of hydrogen-bond donors (Lipinski definition) is 0. The van der Waals surface area contributed by atoms with Gasteiger partial charge in [-0.25, -0.2) is 0 Å². The summed E-state index contributed by atoms with van der Waals surface area (Å²) in [5, 5.41) is 5.16. The van der Waals surface area contributed by atoms with E-state index in [4.69, 9.17) is 4.42 Å². The van der Waals surface area contributed by atoms with Crippen LogP contribution in [0.15, 0.2) is 108 Å². The summed E-state index contributed by atoms with van der Waals surface area (Å²) >= 11 is 0. The quantitative estimate of drug-likeness (QED) is 0.162. The van der Waals surface area contributed by atoms with E-state index in [9.17, 15) is 0 Å². The molecular weight excluding hydrogens is 814 g/mol. The Hall–Kier alpha value is -5.94. The topological polar surface area (TPSA) is 24.0 Å². The zero-order chi connectivity index (χ0) is 47.8. The monoisotopic (exact) mass is 882 g/mol. The minimum Gasteiger partial charge on any atom is -0.445 e. The summed E-state index contributed by atoms with van der Waals surface area (Å²) in [7, 11) is 0. The maximum atomic E-state index is 7.24. The SMILES string of the molecule is Cc1oc2c(c1C)B1c3cc(C(C)(C)C)ccc3N(c3ccc(C(C)(C)C)cc3)c3c1c(c1c4cc(C(C)(C)C)ccc4n4c5ccc(C(C)(C)C)cc5c3c14)N2c1ccc(C(C)(C)C)cc1. The number of furan rings is 1. The first-order chi connectivity index (χ1) is 31.2. The van der Waals surface area contributed by atoms with E-state index in [-0.39, 0.29) is 33.8 Å². The van der Waals surface area contributed by atoms with E-state index < -0.39 is 0 Å². The second kappa shape index (κ2) is 13.8. The molecule has 0 bridgehead atoms. The predicted molar refractivity (Wildman–Crippen MR) is 290 cm³/mol. The van der Waals surface area contributed by atoms with Crippen LogP contribution in [-0.4, -0.2) is 11.1 Å². The highest BCUT2D eigenvalue weighted by molar-refractivity contribution is 7.01. The van der Waals surface area contributed by atoms with Crippen LogP contribution in [0.3, 0.4) is 0 Å². The number of aromatic nitrogens is 1. The van der Waals surface area contributed by atoms with Crippen LogP contribution >= 0.6 is 0 Å². The average Bonchev–Trinajstić information content (AvgIpc) is 3.87. The molecule has 0 amide bonds. The van der Waals surface area contributed by atoms with Gasteiger partial charge in [0.2, 0.25) is 0 Å². The van der Waals surface area contributed by atoms with Gasteiger partial charge in [-0.1, -0.05) is 152 Å². The van der Waals surface area contributed by atoms with Crippen molar-refractivity contribution in [3.05, 3.63) is 142 Å². The van der Waals surface area contributed by atoms with E-state index in [0.29, 0.717) is 0 Å². The highest BCUT2D eigenvalue weighted by atomic mass is 16.4. The highest BCUT2D eigenvalue weighted by Gasteiger charge is 2.49. The molecule has 0 radical (unpaired) electrons. The van der Waals surface area contributed by atoms with Gasteiger partial charge in [0.25, 0.3) is 6.71 Å². The van der Waals surface area contributed by atoms with E-state index in [2.05, 4.69) is 235 Å². The number of fused-ring (bicyclic) bond motifs is 12. The van der Waals surface area contributed by atoms with Crippen molar-refractivity contribution in [1.82, 2.24) is 4.40 Å². The molecule has 11 rings (SSSR count). The van der Waals surface area contributed by atoms with Crippen molar-refractivity contribution in [3.8, 4) is 0 Å². The summed E-state index contributed by atoms with van der Waals surface area (Å²) in [6.07, 6.45) is 0. The Labute approximate surface area is 399 Å². The van der Waals surface area contributed by atoms with Crippen LogP contribution in [0.4, 0.5) is 34.3 Å². The lowest BCUT2D eigenvalue weighted by atomic mass is 9.33. The highest BCUT2D eigenvalue weighted by Crippen LogP contribution is 2.56. The van der Waals surface area contributed by atoms with Crippen molar-refractivity contribution in [2.75, 3.05) is 9.80 Å². The Balaban J connectivity index is 1.42. The van der Waals surface area contributed by atoms with E-state index in [1.54, 1.807) is 0 Å². The van der Waals surface area contributed by atoms with Gasteiger partial charge >= 0.3 is 0 Å². The molecule has 0 N–H and O–H groups in total. The van der Waals surface area contributed by atoms with Crippen molar-refractivity contribution in [2.24, 2.45) is 0 Å². The van der Waals surface area contributed by atoms with Crippen LogP contribution in [0.25, 0.3) is 38.1 Å². The molecule has 3 aromatic heterocycles. The molecule has 5 heterocycles. The lowest BCUT2D eigenvalue weighted by Gasteiger charge is -2.44. The van der Waals surface area contributed by atoms with Gasteiger partial charge in [0.15, 0.2) is 5.88 Å². The Kier molecular flexibility index (Phi) is 9.01. The normalized spacial score (nSPS) is 14.6. The molecule has 67 heavy (non-hydrogen) atoms. The zero-order valence-electron chi connectivity index (χ0n) is 43.1. The number of anilines is 6. The predicted octanol–water partition coefficient (Wildman–Crippen LogP) is 15.6. The molecular formula is C62H68BN3O. The van der Waals surface area contributed by atoms with Crippen molar-refractivity contribution in [3.63, 3.8) is 0 Å². The molecule has 0 saturated carbocycles. The number of benzene rings is 6. The van der Waals surface area contributed by atoms with Gasteiger partial charge in [0.05, 0.1) is 27.9 Å². The van der Waals surface area contributed by atoms with Gasteiger partial charge in [-0.15, -0.1) is 0 Å². The van der Waals surface area contributed by atoms with E-state index >= 15 is 0 Å². The molecule has 2 aliphatic rings. The Bertz CT molecular complexity index is 3490. The fourth-order valence-electron chi connectivity index (χ4n) is 11.4. The maximum absolute atomic E-state index is 7.24. The van der Waals surface area contributed by atoms with Gasteiger partial charge in [-0.2, -0.15) is 0 Å². The second-order valence-corrected chi connectivity index (χ2v) is 25.2. The van der Waals surface area contributed by atoms with Gasteiger partial charge in [-0.3, -0.25) is 4.90 Å².